The quantitative estimate of drug-likeness (QED) is 0.779. The standard InChI is InChI=1S/C15H18ClNO/c1-2-7-17-8-6-15(18)13(11-17)9-12-4-3-5-14(16)10-12/h3-5,9-10H,2,6-8,11H2,1H3/b13-9+. The van der Waals surface area contributed by atoms with E-state index in [-0.39, 0.29) is 5.78 Å². The Morgan fingerprint density at radius 3 is 3.00 bits per heavy atom. The Bertz CT molecular complexity index is 467. The van der Waals surface area contributed by atoms with E-state index in [2.05, 4.69) is 11.8 Å². The van der Waals surface area contributed by atoms with Crippen LogP contribution in [0.5, 0.6) is 0 Å². The fourth-order valence-corrected chi connectivity index (χ4v) is 2.46. The van der Waals surface area contributed by atoms with Crippen LogP contribution < -0.4 is 0 Å². The van der Waals surface area contributed by atoms with Crippen molar-refractivity contribution in [3.63, 3.8) is 0 Å². The van der Waals surface area contributed by atoms with Gasteiger partial charge in [0, 0.05) is 30.1 Å². The van der Waals surface area contributed by atoms with Crippen molar-refractivity contribution >= 4 is 23.5 Å². The molecule has 2 nitrogen and oxygen atoms in total. The first-order chi connectivity index (χ1) is 8.69. The fourth-order valence-electron chi connectivity index (χ4n) is 2.26. The first-order valence-corrected chi connectivity index (χ1v) is 6.78. The van der Waals surface area contributed by atoms with Crippen molar-refractivity contribution in [1.29, 1.82) is 0 Å². The number of nitrogens with zero attached hydrogens (tertiary/aromatic N) is 1. The molecule has 0 amide bonds. The Kier molecular flexibility index (Phi) is 4.56. The molecule has 1 aliphatic rings. The maximum absolute atomic E-state index is 11.9. The molecular weight excluding hydrogens is 246 g/mol. The first-order valence-electron chi connectivity index (χ1n) is 6.40. The molecule has 3 heteroatoms. The van der Waals surface area contributed by atoms with Crippen molar-refractivity contribution in [2.75, 3.05) is 19.6 Å². The summed E-state index contributed by atoms with van der Waals surface area (Å²) in [5, 5.41) is 0.707. The number of rotatable bonds is 3. The lowest BCUT2D eigenvalue weighted by Gasteiger charge is -2.27. The van der Waals surface area contributed by atoms with Gasteiger partial charge >= 0.3 is 0 Å². The number of carbonyl (C=O) groups is 1. The number of ketones is 1. The van der Waals surface area contributed by atoms with Gasteiger partial charge in [0.15, 0.2) is 5.78 Å². The third-order valence-corrected chi connectivity index (χ3v) is 3.37. The summed E-state index contributed by atoms with van der Waals surface area (Å²) in [6.07, 6.45) is 3.72. The number of benzene rings is 1. The Morgan fingerprint density at radius 1 is 1.44 bits per heavy atom. The van der Waals surface area contributed by atoms with Crippen LogP contribution in [-0.4, -0.2) is 30.3 Å². The lowest BCUT2D eigenvalue weighted by Crippen LogP contribution is -2.36. The molecule has 0 aliphatic carbocycles. The molecule has 2 rings (SSSR count). The van der Waals surface area contributed by atoms with Crippen LogP contribution in [0.4, 0.5) is 0 Å². The number of halogens is 1. The van der Waals surface area contributed by atoms with Gasteiger partial charge in [-0.05, 0) is 36.7 Å². The monoisotopic (exact) mass is 263 g/mol. The minimum atomic E-state index is 0.266. The summed E-state index contributed by atoms with van der Waals surface area (Å²) in [7, 11) is 0. The second-order valence-electron chi connectivity index (χ2n) is 4.67. The van der Waals surface area contributed by atoms with Crippen LogP contribution in [0.25, 0.3) is 6.08 Å². The molecule has 1 aromatic rings. The molecule has 18 heavy (non-hydrogen) atoms. The van der Waals surface area contributed by atoms with Gasteiger partial charge in [-0.3, -0.25) is 9.69 Å². The summed E-state index contributed by atoms with van der Waals surface area (Å²) in [5.74, 6) is 0.266. The highest BCUT2D eigenvalue weighted by Gasteiger charge is 2.20. The van der Waals surface area contributed by atoms with E-state index in [1.165, 1.54) is 0 Å². The van der Waals surface area contributed by atoms with Gasteiger partial charge in [0.25, 0.3) is 0 Å². The summed E-state index contributed by atoms with van der Waals surface area (Å²) >= 11 is 5.95. The zero-order valence-electron chi connectivity index (χ0n) is 10.7. The lowest BCUT2D eigenvalue weighted by atomic mass is 10.0. The normalized spacial score (nSPS) is 19.4. The van der Waals surface area contributed by atoms with Crippen molar-refractivity contribution in [3.05, 3.63) is 40.4 Å². The molecule has 0 saturated carbocycles. The van der Waals surface area contributed by atoms with Crippen molar-refractivity contribution in [3.8, 4) is 0 Å². The minimum absolute atomic E-state index is 0.266. The van der Waals surface area contributed by atoms with Crippen molar-refractivity contribution < 1.29 is 4.79 Å². The zero-order chi connectivity index (χ0) is 13.0. The predicted octanol–water partition coefficient (Wildman–Crippen LogP) is 3.41. The summed E-state index contributed by atoms with van der Waals surface area (Å²) in [6, 6.07) is 7.62. The van der Waals surface area contributed by atoms with Crippen molar-refractivity contribution in [2.24, 2.45) is 0 Å². The molecule has 1 aromatic carbocycles. The maximum Gasteiger partial charge on any atom is 0.161 e. The molecule has 1 saturated heterocycles. The van der Waals surface area contributed by atoms with Crippen molar-refractivity contribution in [1.82, 2.24) is 4.90 Å². The molecule has 0 aromatic heterocycles. The highest BCUT2D eigenvalue weighted by Crippen LogP contribution is 2.18. The van der Waals surface area contributed by atoms with Gasteiger partial charge in [-0.15, -0.1) is 0 Å². The number of hydrogen-bond acceptors (Lipinski definition) is 2. The number of hydrogen-bond donors (Lipinski definition) is 0. The third-order valence-electron chi connectivity index (χ3n) is 3.14. The Labute approximate surface area is 113 Å². The van der Waals surface area contributed by atoms with Crippen LogP contribution in [0.15, 0.2) is 29.8 Å². The van der Waals surface area contributed by atoms with Crippen LogP contribution >= 0.6 is 11.6 Å². The fraction of sp³-hybridized carbons (Fsp3) is 0.400. The zero-order valence-corrected chi connectivity index (χ0v) is 11.4. The van der Waals surface area contributed by atoms with Gasteiger partial charge in [-0.25, -0.2) is 0 Å². The molecule has 0 spiro atoms. The molecule has 0 N–H and O–H groups in total. The molecular formula is C15H18ClNO. The molecule has 0 atom stereocenters. The molecule has 0 radical (unpaired) electrons. The van der Waals surface area contributed by atoms with Gasteiger partial charge in [-0.1, -0.05) is 30.7 Å². The molecule has 96 valence electrons. The van der Waals surface area contributed by atoms with Gasteiger partial charge in [0.1, 0.15) is 0 Å². The highest BCUT2D eigenvalue weighted by atomic mass is 35.5. The second kappa shape index (κ2) is 6.17. The van der Waals surface area contributed by atoms with E-state index in [1.807, 2.05) is 30.3 Å². The van der Waals surface area contributed by atoms with Crippen LogP contribution in [0.2, 0.25) is 5.02 Å². The number of carbonyl (C=O) groups excluding carboxylic acids is 1. The van der Waals surface area contributed by atoms with Gasteiger partial charge in [0.05, 0.1) is 0 Å². The van der Waals surface area contributed by atoms with Crippen LogP contribution in [-0.2, 0) is 4.79 Å². The Morgan fingerprint density at radius 2 is 2.28 bits per heavy atom. The van der Waals surface area contributed by atoms with Gasteiger partial charge in [-0.2, -0.15) is 0 Å². The summed E-state index contributed by atoms with van der Waals surface area (Å²) < 4.78 is 0. The van der Waals surface area contributed by atoms with E-state index in [1.54, 1.807) is 0 Å². The average molecular weight is 264 g/mol. The van der Waals surface area contributed by atoms with E-state index < -0.39 is 0 Å². The topological polar surface area (TPSA) is 20.3 Å². The van der Waals surface area contributed by atoms with E-state index in [4.69, 9.17) is 11.6 Å². The predicted molar refractivity (Wildman–Crippen MR) is 75.8 cm³/mol. The summed E-state index contributed by atoms with van der Waals surface area (Å²) in [6.45, 7) is 4.87. The second-order valence-corrected chi connectivity index (χ2v) is 5.11. The molecule has 1 fully saturated rings. The SMILES string of the molecule is CCCN1CCC(=O)/C(=C/c2cccc(Cl)c2)C1. The van der Waals surface area contributed by atoms with E-state index in [0.29, 0.717) is 11.4 Å². The summed E-state index contributed by atoms with van der Waals surface area (Å²) in [5.41, 5.74) is 1.90. The molecule has 1 aliphatic heterocycles. The van der Waals surface area contributed by atoms with E-state index in [0.717, 1.165) is 37.2 Å². The third kappa shape index (κ3) is 3.44. The molecule has 0 bridgehead atoms. The highest BCUT2D eigenvalue weighted by molar-refractivity contribution is 6.30. The summed E-state index contributed by atoms with van der Waals surface area (Å²) in [4.78, 5) is 14.2. The first kappa shape index (κ1) is 13.3. The average Bonchev–Trinajstić information content (AvgIpc) is 2.34. The van der Waals surface area contributed by atoms with Crippen LogP contribution in [0.1, 0.15) is 25.3 Å². The van der Waals surface area contributed by atoms with Gasteiger partial charge < -0.3 is 0 Å². The van der Waals surface area contributed by atoms with Crippen LogP contribution in [0, 0.1) is 0 Å². The van der Waals surface area contributed by atoms with Crippen molar-refractivity contribution in [2.45, 2.75) is 19.8 Å². The number of Topliss-reactive ketones (excluding diaryl/α,β-unsaturated/α-hetero) is 1. The Balaban J connectivity index is 2.16. The minimum Gasteiger partial charge on any atom is -0.299 e. The lowest BCUT2D eigenvalue weighted by molar-refractivity contribution is -0.117. The smallest absolute Gasteiger partial charge is 0.161 e. The molecule has 1 heterocycles. The maximum atomic E-state index is 11.9. The van der Waals surface area contributed by atoms with Crippen LogP contribution in [0.3, 0.4) is 0 Å². The number of likely N-dealkylation sites (tertiary alicyclic amines) is 1. The van der Waals surface area contributed by atoms with E-state index in [9.17, 15) is 4.79 Å². The Hall–Kier alpha value is -1.12. The van der Waals surface area contributed by atoms with E-state index >= 15 is 0 Å². The van der Waals surface area contributed by atoms with Gasteiger partial charge in [0.2, 0.25) is 0 Å². The largest absolute Gasteiger partial charge is 0.299 e. The number of piperidine rings is 1. The molecule has 0 unspecified atom stereocenters.